The molecule has 2 heterocycles. The molecule has 4 aromatic rings. The van der Waals surface area contributed by atoms with E-state index in [0.29, 0.717) is 5.56 Å². The zero-order valence-electron chi connectivity index (χ0n) is 21.9. The van der Waals surface area contributed by atoms with Crippen LogP contribution >= 0.6 is 11.3 Å². The number of nitrogens with zero attached hydrogens (tertiary/aromatic N) is 2. The molecule has 0 amide bonds. The number of carboxylic acids is 1. The molecule has 3 aromatic carbocycles. The normalized spacial score (nSPS) is 13.6. The number of aliphatic carboxylic acids is 1. The van der Waals surface area contributed by atoms with E-state index in [4.69, 9.17) is 10.4 Å². The average molecular weight is 519 g/mol. The number of anilines is 2. The molecule has 0 unspecified atom stereocenters. The van der Waals surface area contributed by atoms with Gasteiger partial charge in [0.1, 0.15) is 11.6 Å². The van der Waals surface area contributed by atoms with Crippen molar-refractivity contribution in [3.05, 3.63) is 101 Å². The maximum atomic E-state index is 11.1. The van der Waals surface area contributed by atoms with Gasteiger partial charge >= 0.3 is 5.97 Å². The van der Waals surface area contributed by atoms with E-state index in [9.17, 15) is 4.79 Å². The van der Waals surface area contributed by atoms with E-state index in [1.807, 2.05) is 24.3 Å². The van der Waals surface area contributed by atoms with Gasteiger partial charge in [-0.25, -0.2) is 4.79 Å². The minimum absolute atomic E-state index is 0.146. The molecular weight excluding hydrogens is 488 g/mol. The van der Waals surface area contributed by atoms with E-state index in [1.165, 1.54) is 39.0 Å². The molecule has 0 radical (unpaired) electrons. The molecule has 4 nitrogen and oxygen atoms in total. The summed E-state index contributed by atoms with van der Waals surface area (Å²) < 4.78 is 0. The Morgan fingerprint density at radius 2 is 1.61 bits per heavy atom. The van der Waals surface area contributed by atoms with Gasteiger partial charge in [0.25, 0.3) is 0 Å². The maximum Gasteiger partial charge on any atom is 0.346 e. The fraction of sp³-hybridized carbons (Fsp3) is 0.212. The highest BCUT2D eigenvalue weighted by atomic mass is 32.1. The van der Waals surface area contributed by atoms with E-state index >= 15 is 0 Å². The number of aryl methyl sites for hydroxylation is 1. The third-order valence-electron chi connectivity index (χ3n) is 6.99. The number of fused-ring (bicyclic) bond motifs is 1. The first-order valence-electron chi connectivity index (χ1n) is 12.8. The van der Waals surface area contributed by atoms with Crippen LogP contribution in [0.5, 0.6) is 0 Å². The third kappa shape index (κ3) is 5.27. The second-order valence-corrected chi connectivity index (χ2v) is 11.7. The molecule has 0 spiro atoms. The zero-order valence-corrected chi connectivity index (χ0v) is 22.7. The predicted octanol–water partition coefficient (Wildman–Crippen LogP) is 8.46. The molecule has 0 saturated heterocycles. The summed E-state index contributed by atoms with van der Waals surface area (Å²) in [6, 6.07) is 29.5. The Kier molecular flexibility index (Phi) is 6.93. The van der Waals surface area contributed by atoms with Crippen LogP contribution in [0.1, 0.15) is 43.9 Å². The molecule has 190 valence electrons. The Morgan fingerprint density at radius 3 is 2.24 bits per heavy atom. The third-order valence-corrected chi connectivity index (χ3v) is 8.17. The summed E-state index contributed by atoms with van der Waals surface area (Å²) in [4.78, 5) is 15.9. The molecule has 5 rings (SSSR count). The van der Waals surface area contributed by atoms with Crippen LogP contribution in [0.4, 0.5) is 11.4 Å². The second kappa shape index (κ2) is 10.3. The van der Waals surface area contributed by atoms with Gasteiger partial charge in [0.15, 0.2) is 0 Å². The fourth-order valence-corrected chi connectivity index (χ4v) is 5.87. The van der Waals surface area contributed by atoms with Crippen molar-refractivity contribution in [3.8, 4) is 27.0 Å². The number of rotatable bonds is 5. The first-order chi connectivity index (χ1) is 18.2. The molecule has 1 aliphatic rings. The topological polar surface area (TPSA) is 64.3 Å². The van der Waals surface area contributed by atoms with Crippen LogP contribution in [0.15, 0.2) is 84.4 Å². The highest BCUT2D eigenvalue weighted by Gasteiger charge is 2.20. The van der Waals surface area contributed by atoms with E-state index in [-0.39, 0.29) is 11.0 Å². The van der Waals surface area contributed by atoms with Gasteiger partial charge in [0.05, 0.1) is 0 Å². The molecule has 0 fully saturated rings. The van der Waals surface area contributed by atoms with Crippen LogP contribution in [0.3, 0.4) is 0 Å². The van der Waals surface area contributed by atoms with Crippen molar-refractivity contribution in [3.63, 3.8) is 0 Å². The lowest BCUT2D eigenvalue weighted by molar-refractivity contribution is -0.132. The summed E-state index contributed by atoms with van der Waals surface area (Å²) in [7, 11) is 0. The SMILES string of the molecule is CC(C)(C)c1ccc(N2CCCc3cc(-c4ccc(-c5ccc(/C=C(\C#N)C(=O)O)cc5)s4)ccc32)cc1. The van der Waals surface area contributed by atoms with E-state index in [2.05, 4.69) is 80.3 Å². The van der Waals surface area contributed by atoms with Gasteiger partial charge in [-0.1, -0.05) is 63.2 Å². The Balaban J connectivity index is 1.37. The fourth-order valence-electron chi connectivity index (χ4n) is 4.86. The Hall–Kier alpha value is -4.14. The first-order valence-corrected chi connectivity index (χ1v) is 13.6. The van der Waals surface area contributed by atoms with Crippen LogP contribution in [0, 0.1) is 11.3 Å². The highest BCUT2D eigenvalue weighted by molar-refractivity contribution is 7.18. The van der Waals surface area contributed by atoms with Gasteiger partial charge in [0.2, 0.25) is 0 Å². The molecule has 1 aliphatic heterocycles. The second-order valence-electron chi connectivity index (χ2n) is 10.7. The number of carbonyl (C=O) groups is 1. The van der Waals surface area contributed by atoms with E-state index < -0.39 is 5.97 Å². The van der Waals surface area contributed by atoms with Gasteiger partial charge in [-0.3, -0.25) is 0 Å². The zero-order chi connectivity index (χ0) is 26.9. The van der Waals surface area contributed by atoms with Crippen molar-refractivity contribution >= 4 is 34.8 Å². The quantitative estimate of drug-likeness (QED) is 0.213. The van der Waals surface area contributed by atoms with Crippen LogP contribution in [-0.2, 0) is 16.6 Å². The largest absolute Gasteiger partial charge is 0.477 e. The lowest BCUT2D eigenvalue weighted by Gasteiger charge is -2.32. The number of carboxylic acid groups (broad SMARTS) is 1. The Bertz CT molecular complexity index is 1550. The van der Waals surface area contributed by atoms with Crippen molar-refractivity contribution < 1.29 is 9.90 Å². The number of benzene rings is 3. The average Bonchev–Trinajstić information content (AvgIpc) is 3.41. The van der Waals surface area contributed by atoms with E-state index in [1.54, 1.807) is 17.4 Å². The molecule has 0 atom stereocenters. The number of nitriles is 1. The van der Waals surface area contributed by atoms with Gasteiger partial charge in [-0.2, -0.15) is 5.26 Å². The van der Waals surface area contributed by atoms with Crippen LogP contribution in [0.25, 0.3) is 27.0 Å². The molecule has 38 heavy (non-hydrogen) atoms. The smallest absolute Gasteiger partial charge is 0.346 e. The van der Waals surface area contributed by atoms with Crippen molar-refractivity contribution in [2.45, 2.75) is 39.0 Å². The van der Waals surface area contributed by atoms with Crippen LogP contribution in [-0.4, -0.2) is 17.6 Å². The molecule has 1 N–H and O–H groups in total. The lowest BCUT2D eigenvalue weighted by Crippen LogP contribution is -2.24. The Morgan fingerprint density at radius 1 is 0.947 bits per heavy atom. The molecule has 0 aliphatic carbocycles. The highest BCUT2D eigenvalue weighted by Crippen LogP contribution is 2.40. The van der Waals surface area contributed by atoms with Crippen molar-refractivity contribution in [2.24, 2.45) is 0 Å². The van der Waals surface area contributed by atoms with Crippen LogP contribution in [0.2, 0.25) is 0 Å². The summed E-state index contributed by atoms with van der Waals surface area (Å²) in [6.07, 6.45) is 3.60. The van der Waals surface area contributed by atoms with Gasteiger partial charge in [-0.05, 0) is 88.5 Å². The standard InChI is InChI=1S/C33H30N2O2S/c1-33(2,3)27-11-13-28(14-12-27)35-18-4-5-24-20-25(10-15-29(24)35)31-17-16-30(38-31)23-8-6-22(7-9-23)19-26(21-34)32(36)37/h6-17,19-20H,4-5,18H2,1-3H3,(H,36,37)/b26-19+. The maximum absolute atomic E-state index is 11.1. The monoisotopic (exact) mass is 518 g/mol. The number of hydrogen-bond donors (Lipinski definition) is 1. The van der Waals surface area contributed by atoms with Crippen molar-refractivity contribution in [1.29, 1.82) is 5.26 Å². The first kappa shape index (κ1) is 25.5. The summed E-state index contributed by atoms with van der Waals surface area (Å²) in [5.74, 6) is -1.22. The van der Waals surface area contributed by atoms with Gasteiger partial charge in [0, 0.05) is 27.7 Å². The molecule has 5 heteroatoms. The molecule has 1 aromatic heterocycles. The van der Waals surface area contributed by atoms with Gasteiger partial charge < -0.3 is 10.0 Å². The predicted molar refractivity (Wildman–Crippen MR) is 157 cm³/mol. The van der Waals surface area contributed by atoms with Crippen LogP contribution < -0.4 is 4.90 Å². The molecule has 0 bridgehead atoms. The lowest BCUT2D eigenvalue weighted by atomic mass is 9.87. The molecule has 0 saturated carbocycles. The Labute approximate surface area is 228 Å². The number of hydrogen-bond acceptors (Lipinski definition) is 4. The molecular formula is C33H30N2O2S. The number of thiophene rings is 1. The van der Waals surface area contributed by atoms with Crippen molar-refractivity contribution in [2.75, 3.05) is 11.4 Å². The summed E-state index contributed by atoms with van der Waals surface area (Å²) >= 11 is 1.74. The summed E-state index contributed by atoms with van der Waals surface area (Å²) in [5, 5.41) is 18.1. The summed E-state index contributed by atoms with van der Waals surface area (Å²) in [5.41, 5.74) is 8.12. The minimum Gasteiger partial charge on any atom is -0.477 e. The van der Waals surface area contributed by atoms with Gasteiger partial charge in [-0.15, -0.1) is 11.3 Å². The van der Waals surface area contributed by atoms with Crippen molar-refractivity contribution in [1.82, 2.24) is 0 Å². The summed E-state index contributed by atoms with van der Waals surface area (Å²) in [6.45, 7) is 7.76. The minimum atomic E-state index is -1.22. The van der Waals surface area contributed by atoms with E-state index in [0.717, 1.165) is 29.8 Å².